The van der Waals surface area contributed by atoms with Gasteiger partial charge in [-0.05, 0) is 44.4 Å². The van der Waals surface area contributed by atoms with E-state index in [2.05, 4.69) is 11.8 Å². The number of amides is 1. The number of likely N-dealkylation sites (N-methyl/N-ethyl adjacent to an activating group) is 1. The molecular weight excluding hydrogens is 304 g/mol. The molecule has 3 aliphatic rings. The minimum absolute atomic E-state index is 0.194. The van der Waals surface area contributed by atoms with Crippen molar-refractivity contribution in [2.24, 2.45) is 11.8 Å². The Hall–Kier alpha value is -0.650. The summed E-state index contributed by atoms with van der Waals surface area (Å²) in [6.45, 7) is 4.93. The van der Waals surface area contributed by atoms with Crippen molar-refractivity contribution in [1.82, 2.24) is 9.80 Å². The number of morpholine rings is 1. The van der Waals surface area contributed by atoms with Crippen LogP contribution in [0.1, 0.15) is 51.9 Å². The molecule has 3 rings (SSSR count). The van der Waals surface area contributed by atoms with Crippen molar-refractivity contribution in [2.45, 2.75) is 70.1 Å². The fourth-order valence-corrected chi connectivity index (χ4v) is 4.78. The molecule has 2 saturated carbocycles. The minimum Gasteiger partial charge on any atom is -0.393 e. The Morgan fingerprint density at radius 1 is 1.21 bits per heavy atom. The lowest BCUT2D eigenvalue weighted by atomic mass is 9.86. The van der Waals surface area contributed by atoms with Crippen LogP contribution in [-0.2, 0) is 9.53 Å². The van der Waals surface area contributed by atoms with Crippen molar-refractivity contribution in [3.05, 3.63) is 0 Å². The van der Waals surface area contributed by atoms with Crippen LogP contribution in [0.25, 0.3) is 0 Å². The molecule has 24 heavy (non-hydrogen) atoms. The number of hydrogen-bond acceptors (Lipinski definition) is 4. The number of rotatable bonds is 4. The zero-order valence-corrected chi connectivity index (χ0v) is 15.3. The lowest BCUT2D eigenvalue weighted by Gasteiger charge is -2.41. The smallest absolute Gasteiger partial charge is 0.236 e. The van der Waals surface area contributed by atoms with Gasteiger partial charge in [-0.2, -0.15) is 0 Å². The van der Waals surface area contributed by atoms with E-state index in [4.69, 9.17) is 4.74 Å². The molecule has 0 aromatic rings. The lowest BCUT2D eigenvalue weighted by Crippen LogP contribution is -2.55. The standard InChI is InChI=1S/C19H34N2O3/c1-14-6-8-15(9-7-14)20(2)19(23)12-21-10-11-24-13-17(21)16-4-3-5-18(16)22/h14-18,22H,3-13H2,1-2H3. The first-order chi connectivity index (χ1) is 11.6. The summed E-state index contributed by atoms with van der Waals surface area (Å²) in [7, 11) is 1.98. The topological polar surface area (TPSA) is 53.0 Å². The van der Waals surface area contributed by atoms with E-state index < -0.39 is 0 Å². The van der Waals surface area contributed by atoms with Crippen LogP contribution in [-0.4, -0.2) is 72.4 Å². The first kappa shape index (κ1) is 18.2. The summed E-state index contributed by atoms with van der Waals surface area (Å²) in [4.78, 5) is 17.1. The zero-order chi connectivity index (χ0) is 17.1. The second kappa shape index (κ2) is 8.15. The molecular formula is C19H34N2O3. The molecule has 1 amide bonds. The number of aliphatic hydroxyl groups excluding tert-OH is 1. The second-order valence-corrected chi connectivity index (χ2v) is 8.19. The number of hydrogen-bond donors (Lipinski definition) is 1. The molecule has 2 aliphatic carbocycles. The fraction of sp³-hybridized carbons (Fsp3) is 0.947. The van der Waals surface area contributed by atoms with Gasteiger partial charge in [-0.25, -0.2) is 0 Å². The fourth-order valence-electron chi connectivity index (χ4n) is 4.78. The number of ether oxygens (including phenoxy) is 1. The summed E-state index contributed by atoms with van der Waals surface area (Å²) in [5.74, 6) is 1.30. The van der Waals surface area contributed by atoms with Crippen molar-refractivity contribution >= 4 is 5.91 Å². The van der Waals surface area contributed by atoms with E-state index >= 15 is 0 Å². The Labute approximate surface area is 146 Å². The van der Waals surface area contributed by atoms with Crippen LogP contribution in [0.2, 0.25) is 0 Å². The van der Waals surface area contributed by atoms with Gasteiger partial charge in [-0.15, -0.1) is 0 Å². The monoisotopic (exact) mass is 338 g/mol. The predicted octanol–water partition coefficient (Wildman–Crippen LogP) is 1.89. The van der Waals surface area contributed by atoms with Crippen molar-refractivity contribution in [3.8, 4) is 0 Å². The maximum Gasteiger partial charge on any atom is 0.236 e. The molecule has 5 nitrogen and oxygen atoms in total. The highest BCUT2D eigenvalue weighted by molar-refractivity contribution is 5.78. The van der Waals surface area contributed by atoms with E-state index in [1.807, 2.05) is 11.9 Å². The average Bonchev–Trinajstić information content (AvgIpc) is 3.01. The van der Waals surface area contributed by atoms with Crippen molar-refractivity contribution in [3.63, 3.8) is 0 Å². The maximum absolute atomic E-state index is 12.8. The van der Waals surface area contributed by atoms with Crippen LogP contribution in [0, 0.1) is 11.8 Å². The van der Waals surface area contributed by atoms with Gasteiger partial charge in [0.1, 0.15) is 0 Å². The lowest BCUT2D eigenvalue weighted by molar-refractivity contribution is -0.137. The second-order valence-electron chi connectivity index (χ2n) is 8.19. The molecule has 0 radical (unpaired) electrons. The van der Waals surface area contributed by atoms with Gasteiger partial charge in [0.25, 0.3) is 0 Å². The van der Waals surface area contributed by atoms with E-state index in [1.54, 1.807) is 0 Å². The van der Waals surface area contributed by atoms with Crippen LogP contribution in [0.3, 0.4) is 0 Å². The third kappa shape index (κ3) is 4.12. The third-order valence-electron chi connectivity index (χ3n) is 6.57. The Bertz CT molecular complexity index is 423. The van der Waals surface area contributed by atoms with Crippen molar-refractivity contribution in [2.75, 3.05) is 33.4 Å². The summed E-state index contributed by atoms with van der Waals surface area (Å²) >= 11 is 0. The molecule has 138 valence electrons. The Kier molecular flexibility index (Phi) is 6.17. The molecule has 5 heteroatoms. The number of aliphatic hydroxyl groups is 1. The molecule has 0 bridgehead atoms. The highest BCUT2D eigenvalue weighted by atomic mass is 16.5. The molecule has 1 heterocycles. The number of nitrogens with zero attached hydrogens (tertiary/aromatic N) is 2. The molecule has 0 aromatic heterocycles. The minimum atomic E-state index is -0.230. The molecule has 1 N–H and O–H groups in total. The van der Waals surface area contributed by atoms with E-state index in [0.29, 0.717) is 25.8 Å². The van der Waals surface area contributed by atoms with Crippen molar-refractivity contribution < 1.29 is 14.6 Å². The summed E-state index contributed by atoms with van der Waals surface area (Å²) < 4.78 is 5.67. The van der Waals surface area contributed by atoms with E-state index in [1.165, 1.54) is 12.8 Å². The van der Waals surface area contributed by atoms with E-state index in [-0.39, 0.29) is 24.0 Å². The van der Waals surface area contributed by atoms with E-state index in [9.17, 15) is 9.90 Å². The van der Waals surface area contributed by atoms with Gasteiger partial charge in [0.2, 0.25) is 5.91 Å². The summed E-state index contributed by atoms with van der Waals surface area (Å²) in [6, 6.07) is 0.602. The third-order valence-corrected chi connectivity index (χ3v) is 6.57. The summed E-state index contributed by atoms with van der Waals surface area (Å²) in [5, 5.41) is 10.3. The van der Waals surface area contributed by atoms with Crippen LogP contribution in [0.15, 0.2) is 0 Å². The first-order valence-electron chi connectivity index (χ1n) is 9.81. The average molecular weight is 338 g/mol. The molecule has 1 saturated heterocycles. The summed E-state index contributed by atoms with van der Waals surface area (Å²) in [6.07, 6.45) is 7.54. The highest BCUT2D eigenvalue weighted by Crippen LogP contribution is 2.32. The quantitative estimate of drug-likeness (QED) is 0.850. The van der Waals surface area contributed by atoms with E-state index in [0.717, 1.165) is 44.6 Å². The van der Waals surface area contributed by atoms with Gasteiger partial charge in [-0.1, -0.05) is 13.3 Å². The van der Waals surface area contributed by atoms with Crippen LogP contribution in [0.4, 0.5) is 0 Å². The Morgan fingerprint density at radius 2 is 1.96 bits per heavy atom. The maximum atomic E-state index is 12.8. The molecule has 0 aromatic carbocycles. The molecule has 3 atom stereocenters. The predicted molar refractivity (Wildman–Crippen MR) is 93.7 cm³/mol. The zero-order valence-electron chi connectivity index (χ0n) is 15.3. The van der Waals surface area contributed by atoms with Crippen LogP contribution >= 0.6 is 0 Å². The normalized spacial score (nSPS) is 38.2. The van der Waals surface area contributed by atoms with Gasteiger partial charge in [0.05, 0.1) is 25.9 Å². The number of carbonyl (C=O) groups excluding carboxylic acids is 1. The molecule has 1 aliphatic heterocycles. The van der Waals surface area contributed by atoms with Gasteiger partial charge >= 0.3 is 0 Å². The number of carbonyl (C=O) groups is 1. The van der Waals surface area contributed by atoms with Crippen molar-refractivity contribution in [1.29, 1.82) is 0 Å². The first-order valence-corrected chi connectivity index (χ1v) is 9.81. The highest BCUT2D eigenvalue weighted by Gasteiger charge is 2.38. The van der Waals surface area contributed by atoms with Gasteiger partial charge in [0, 0.05) is 31.6 Å². The van der Waals surface area contributed by atoms with Crippen LogP contribution in [0.5, 0.6) is 0 Å². The Balaban J connectivity index is 1.57. The largest absolute Gasteiger partial charge is 0.393 e. The molecule has 3 unspecified atom stereocenters. The summed E-state index contributed by atoms with van der Waals surface area (Å²) in [5.41, 5.74) is 0. The molecule has 3 fully saturated rings. The Morgan fingerprint density at radius 3 is 2.62 bits per heavy atom. The van der Waals surface area contributed by atoms with Gasteiger partial charge < -0.3 is 14.7 Å². The van der Waals surface area contributed by atoms with Crippen LogP contribution < -0.4 is 0 Å². The molecule has 0 spiro atoms. The van der Waals surface area contributed by atoms with Gasteiger partial charge in [-0.3, -0.25) is 9.69 Å². The SMILES string of the molecule is CC1CCC(N(C)C(=O)CN2CCOCC2C2CCCC2O)CC1. The van der Waals surface area contributed by atoms with Gasteiger partial charge in [0.15, 0.2) is 0 Å².